The van der Waals surface area contributed by atoms with Crippen molar-refractivity contribution < 1.29 is 14.3 Å². The second kappa shape index (κ2) is 10.9. The minimum absolute atomic E-state index is 0.153. The lowest BCUT2D eigenvalue weighted by atomic mass is 10.2. The van der Waals surface area contributed by atoms with Gasteiger partial charge in [-0.15, -0.1) is 5.10 Å². The van der Waals surface area contributed by atoms with Crippen LogP contribution in [0.25, 0.3) is 5.69 Å². The Morgan fingerprint density at radius 1 is 1.03 bits per heavy atom. The number of carbonyl (C=O) groups excluding carboxylic acids is 2. The van der Waals surface area contributed by atoms with Crippen molar-refractivity contribution in [2.45, 2.75) is 31.7 Å². The average Bonchev–Trinajstić information content (AvgIpc) is 3.28. The van der Waals surface area contributed by atoms with Gasteiger partial charge in [-0.3, -0.25) is 4.79 Å². The van der Waals surface area contributed by atoms with Crippen LogP contribution in [0.15, 0.2) is 53.7 Å². The second-order valence-corrected chi connectivity index (χ2v) is 9.32. The number of hydrogen-bond donors (Lipinski definition) is 1. The SMILES string of the molecule is COC(=O)c1ccc(NC(=O)c2nnn(-c3ccc(C)c(Cl)c3)c2CSc2nc(C)cc(C)n2)cc1. The number of rotatable bonds is 7. The summed E-state index contributed by atoms with van der Waals surface area (Å²) in [5.41, 5.74) is 4.91. The summed E-state index contributed by atoms with van der Waals surface area (Å²) in [5, 5.41) is 12.4. The van der Waals surface area contributed by atoms with Crippen LogP contribution in [-0.2, 0) is 10.5 Å². The number of benzene rings is 2. The van der Waals surface area contributed by atoms with Crippen molar-refractivity contribution in [3.8, 4) is 5.69 Å². The fourth-order valence-corrected chi connectivity index (χ4v) is 4.53. The number of nitrogens with zero attached hydrogens (tertiary/aromatic N) is 5. The lowest BCUT2D eigenvalue weighted by Crippen LogP contribution is -2.15. The van der Waals surface area contributed by atoms with E-state index in [0.717, 1.165) is 17.0 Å². The number of nitrogens with one attached hydrogen (secondary N) is 1. The standard InChI is InChI=1S/C25H23ClN6O3S/c1-14-5-10-19(12-20(14)26)32-21(13-36-25-27-15(2)11-16(3)28-25)22(30-31-32)23(33)29-18-8-6-17(7-9-18)24(34)35-4/h5-12H,13H2,1-4H3,(H,29,33). The molecule has 0 unspecified atom stereocenters. The fourth-order valence-electron chi connectivity index (χ4n) is 3.42. The summed E-state index contributed by atoms with van der Waals surface area (Å²) in [4.78, 5) is 33.8. The number of aromatic nitrogens is 5. The van der Waals surface area contributed by atoms with E-state index in [4.69, 9.17) is 16.3 Å². The van der Waals surface area contributed by atoms with Crippen molar-refractivity contribution in [1.29, 1.82) is 0 Å². The molecule has 0 fully saturated rings. The predicted molar refractivity (Wildman–Crippen MR) is 138 cm³/mol. The first-order chi connectivity index (χ1) is 17.2. The Hall–Kier alpha value is -3.76. The zero-order chi connectivity index (χ0) is 25.8. The van der Waals surface area contributed by atoms with Crippen molar-refractivity contribution in [2.75, 3.05) is 12.4 Å². The number of halogens is 1. The lowest BCUT2D eigenvalue weighted by molar-refractivity contribution is 0.0600. The van der Waals surface area contributed by atoms with Gasteiger partial charge in [-0.05, 0) is 68.8 Å². The van der Waals surface area contributed by atoms with Gasteiger partial charge in [0.25, 0.3) is 5.91 Å². The summed E-state index contributed by atoms with van der Waals surface area (Å²) in [7, 11) is 1.31. The summed E-state index contributed by atoms with van der Waals surface area (Å²) in [5.74, 6) is -0.562. The van der Waals surface area contributed by atoms with E-state index in [1.54, 1.807) is 35.0 Å². The zero-order valence-electron chi connectivity index (χ0n) is 20.1. The van der Waals surface area contributed by atoms with Crippen LogP contribution >= 0.6 is 23.4 Å². The highest BCUT2D eigenvalue weighted by Gasteiger charge is 2.22. The summed E-state index contributed by atoms with van der Waals surface area (Å²) in [6.45, 7) is 5.72. The molecule has 1 N–H and O–H groups in total. The highest BCUT2D eigenvalue weighted by Crippen LogP contribution is 2.26. The Morgan fingerprint density at radius 3 is 2.36 bits per heavy atom. The first kappa shape index (κ1) is 25.3. The first-order valence-corrected chi connectivity index (χ1v) is 12.3. The molecule has 0 saturated heterocycles. The van der Waals surface area contributed by atoms with E-state index in [2.05, 4.69) is 25.6 Å². The van der Waals surface area contributed by atoms with Crippen LogP contribution < -0.4 is 5.32 Å². The van der Waals surface area contributed by atoms with E-state index in [-0.39, 0.29) is 5.69 Å². The predicted octanol–water partition coefficient (Wildman–Crippen LogP) is 4.97. The molecule has 0 aliphatic rings. The van der Waals surface area contributed by atoms with Gasteiger partial charge in [-0.2, -0.15) is 0 Å². The van der Waals surface area contributed by atoms with Gasteiger partial charge >= 0.3 is 5.97 Å². The van der Waals surface area contributed by atoms with E-state index in [0.29, 0.717) is 38.6 Å². The van der Waals surface area contributed by atoms with E-state index >= 15 is 0 Å². The summed E-state index contributed by atoms with van der Waals surface area (Å²) in [6.07, 6.45) is 0. The van der Waals surface area contributed by atoms with Gasteiger partial charge in [0, 0.05) is 27.9 Å². The normalized spacial score (nSPS) is 10.8. The van der Waals surface area contributed by atoms with Crippen LogP contribution in [-0.4, -0.2) is 43.9 Å². The molecule has 2 aromatic heterocycles. The van der Waals surface area contributed by atoms with Gasteiger partial charge in [-0.25, -0.2) is 19.4 Å². The number of carbonyl (C=O) groups is 2. The maximum Gasteiger partial charge on any atom is 0.337 e. The van der Waals surface area contributed by atoms with Crippen LogP contribution in [0.3, 0.4) is 0 Å². The van der Waals surface area contributed by atoms with Gasteiger partial charge in [0.2, 0.25) is 0 Å². The van der Waals surface area contributed by atoms with Crippen molar-refractivity contribution in [1.82, 2.24) is 25.0 Å². The van der Waals surface area contributed by atoms with E-state index in [9.17, 15) is 9.59 Å². The molecule has 36 heavy (non-hydrogen) atoms. The molecule has 0 atom stereocenters. The molecular formula is C25H23ClN6O3S. The smallest absolute Gasteiger partial charge is 0.337 e. The minimum Gasteiger partial charge on any atom is -0.465 e. The molecule has 0 saturated carbocycles. The number of aryl methyl sites for hydroxylation is 3. The highest BCUT2D eigenvalue weighted by atomic mass is 35.5. The molecule has 9 nitrogen and oxygen atoms in total. The number of anilines is 1. The van der Waals surface area contributed by atoms with E-state index < -0.39 is 11.9 Å². The number of hydrogen-bond acceptors (Lipinski definition) is 8. The van der Waals surface area contributed by atoms with Crippen LogP contribution in [0.1, 0.15) is 43.5 Å². The molecule has 4 rings (SSSR count). The third-order valence-corrected chi connectivity index (χ3v) is 6.51. The molecule has 0 radical (unpaired) electrons. The zero-order valence-corrected chi connectivity index (χ0v) is 21.6. The Morgan fingerprint density at radius 2 is 1.72 bits per heavy atom. The van der Waals surface area contributed by atoms with Gasteiger partial charge in [0.05, 0.1) is 24.1 Å². The Bertz CT molecular complexity index is 1420. The molecular weight excluding hydrogens is 500 g/mol. The maximum absolute atomic E-state index is 13.2. The third kappa shape index (κ3) is 5.72. The second-order valence-electron chi connectivity index (χ2n) is 7.98. The maximum atomic E-state index is 13.2. The quantitative estimate of drug-likeness (QED) is 0.206. The van der Waals surface area contributed by atoms with Crippen LogP contribution in [0, 0.1) is 20.8 Å². The Balaban J connectivity index is 1.65. The minimum atomic E-state index is -0.458. The molecule has 1 amide bonds. The van der Waals surface area contributed by atoms with Crippen LogP contribution in [0.4, 0.5) is 5.69 Å². The van der Waals surface area contributed by atoms with E-state index in [1.807, 2.05) is 39.0 Å². The molecule has 2 aromatic carbocycles. The number of amides is 1. The molecule has 4 aromatic rings. The van der Waals surface area contributed by atoms with Crippen LogP contribution in [0.2, 0.25) is 5.02 Å². The molecule has 0 aliphatic heterocycles. The van der Waals surface area contributed by atoms with Crippen molar-refractivity contribution in [2.24, 2.45) is 0 Å². The fraction of sp³-hybridized carbons (Fsp3) is 0.200. The molecule has 184 valence electrons. The number of ether oxygens (including phenoxy) is 1. The van der Waals surface area contributed by atoms with Crippen LogP contribution in [0.5, 0.6) is 0 Å². The molecule has 2 heterocycles. The number of methoxy groups -OCH3 is 1. The summed E-state index contributed by atoms with van der Waals surface area (Å²) >= 11 is 7.73. The largest absolute Gasteiger partial charge is 0.465 e. The molecule has 11 heteroatoms. The molecule has 0 spiro atoms. The number of esters is 1. The molecule has 0 bridgehead atoms. The van der Waals surface area contributed by atoms with Gasteiger partial charge in [-0.1, -0.05) is 34.6 Å². The highest BCUT2D eigenvalue weighted by molar-refractivity contribution is 7.98. The lowest BCUT2D eigenvalue weighted by Gasteiger charge is -2.10. The summed E-state index contributed by atoms with van der Waals surface area (Å²) < 4.78 is 6.31. The van der Waals surface area contributed by atoms with Gasteiger partial charge in [0.15, 0.2) is 10.9 Å². The first-order valence-electron chi connectivity index (χ1n) is 10.9. The third-order valence-electron chi connectivity index (χ3n) is 5.24. The summed E-state index contributed by atoms with van der Waals surface area (Å²) in [6, 6.07) is 13.8. The van der Waals surface area contributed by atoms with Crippen molar-refractivity contribution in [3.05, 3.63) is 87.5 Å². The van der Waals surface area contributed by atoms with Crippen molar-refractivity contribution >= 4 is 40.9 Å². The Labute approximate surface area is 217 Å². The average molecular weight is 523 g/mol. The topological polar surface area (TPSA) is 112 Å². The molecule has 0 aliphatic carbocycles. The van der Waals surface area contributed by atoms with Gasteiger partial charge < -0.3 is 10.1 Å². The van der Waals surface area contributed by atoms with Crippen molar-refractivity contribution in [3.63, 3.8) is 0 Å². The number of thioether (sulfide) groups is 1. The Kier molecular flexibility index (Phi) is 7.66. The van der Waals surface area contributed by atoms with Gasteiger partial charge in [0.1, 0.15) is 0 Å². The van der Waals surface area contributed by atoms with E-state index in [1.165, 1.54) is 18.9 Å². The monoisotopic (exact) mass is 522 g/mol.